The molecule has 1 aromatic rings. The van der Waals surface area contributed by atoms with Gasteiger partial charge in [-0.15, -0.1) is 0 Å². The van der Waals surface area contributed by atoms with Crippen molar-refractivity contribution in [2.45, 2.75) is 47.0 Å². The molecule has 3 nitrogen and oxygen atoms in total. The van der Waals surface area contributed by atoms with E-state index in [9.17, 15) is 0 Å². The maximum absolute atomic E-state index is 5.16. The van der Waals surface area contributed by atoms with E-state index in [4.69, 9.17) is 4.52 Å². The third-order valence-corrected chi connectivity index (χ3v) is 2.79. The summed E-state index contributed by atoms with van der Waals surface area (Å²) < 4.78 is 5.16. The van der Waals surface area contributed by atoms with Gasteiger partial charge in [-0.1, -0.05) is 19.0 Å². The van der Waals surface area contributed by atoms with Crippen LogP contribution in [-0.4, -0.2) is 18.2 Å². The number of hydrogen-bond acceptors (Lipinski definition) is 3. The predicted octanol–water partition coefficient (Wildman–Crippen LogP) is 3.31. The molecule has 86 valence electrons. The Bertz CT molecular complexity index is 288. The van der Waals surface area contributed by atoms with Crippen molar-refractivity contribution in [3.63, 3.8) is 0 Å². The summed E-state index contributed by atoms with van der Waals surface area (Å²) in [6.07, 6.45) is 3.92. The molecule has 2 rings (SSSR count). The van der Waals surface area contributed by atoms with Crippen molar-refractivity contribution in [2.24, 2.45) is 0 Å². The summed E-state index contributed by atoms with van der Waals surface area (Å²) in [6.45, 7) is 10.3. The number of anilines is 1. The van der Waals surface area contributed by atoms with Gasteiger partial charge in [-0.3, -0.25) is 0 Å². The van der Waals surface area contributed by atoms with Gasteiger partial charge >= 0.3 is 0 Å². The maximum Gasteiger partial charge on any atom is 0.175 e. The number of aryl methyl sites for hydroxylation is 1. The van der Waals surface area contributed by atoms with Crippen LogP contribution in [0.3, 0.4) is 0 Å². The normalized spacial score (nSPS) is 15.9. The number of piperidine rings is 1. The molecule has 0 unspecified atom stereocenters. The summed E-state index contributed by atoms with van der Waals surface area (Å²) in [5.41, 5.74) is 1.20. The Hall–Kier alpha value is -0.990. The van der Waals surface area contributed by atoms with Gasteiger partial charge < -0.3 is 9.42 Å². The fraction of sp³-hybridized carbons (Fsp3) is 0.750. The molecule has 0 bridgehead atoms. The van der Waals surface area contributed by atoms with Crippen LogP contribution >= 0.6 is 0 Å². The zero-order valence-electron chi connectivity index (χ0n) is 10.3. The highest BCUT2D eigenvalue weighted by atomic mass is 16.5. The Morgan fingerprint density at radius 2 is 1.67 bits per heavy atom. The van der Waals surface area contributed by atoms with Crippen LogP contribution in [0.15, 0.2) is 4.52 Å². The second kappa shape index (κ2) is 5.79. The second-order valence-electron chi connectivity index (χ2n) is 3.74. The molecule has 0 saturated carbocycles. The van der Waals surface area contributed by atoms with Crippen molar-refractivity contribution in [2.75, 3.05) is 18.0 Å². The molecule has 2 heterocycles. The van der Waals surface area contributed by atoms with Crippen LogP contribution in [0.2, 0.25) is 0 Å². The van der Waals surface area contributed by atoms with E-state index in [1.807, 2.05) is 20.8 Å². The van der Waals surface area contributed by atoms with Crippen molar-refractivity contribution in [3.05, 3.63) is 11.3 Å². The summed E-state index contributed by atoms with van der Waals surface area (Å²) in [4.78, 5) is 2.33. The molecule has 1 aliphatic heterocycles. The van der Waals surface area contributed by atoms with Gasteiger partial charge in [-0.25, -0.2) is 0 Å². The van der Waals surface area contributed by atoms with Gasteiger partial charge in [0, 0.05) is 18.7 Å². The average molecular weight is 210 g/mol. The van der Waals surface area contributed by atoms with Crippen LogP contribution in [0, 0.1) is 13.8 Å². The van der Waals surface area contributed by atoms with Gasteiger partial charge in [0.15, 0.2) is 5.82 Å². The highest BCUT2D eigenvalue weighted by Crippen LogP contribution is 2.24. The molecule has 1 aliphatic rings. The Labute approximate surface area is 92.4 Å². The monoisotopic (exact) mass is 210 g/mol. The topological polar surface area (TPSA) is 29.3 Å². The number of hydrogen-bond donors (Lipinski definition) is 0. The molecule has 0 spiro atoms. The first-order valence-electron chi connectivity index (χ1n) is 5.97. The molecule has 1 saturated heterocycles. The Morgan fingerprint density at radius 1 is 1.07 bits per heavy atom. The van der Waals surface area contributed by atoms with Gasteiger partial charge in [0.1, 0.15) is 5.76 Å². The van der Waals surface area contributed by atoms with Crippen molar-refractivity contribution >= 4 is 5.82 Å². The lowest BCUT2D eigenvalue weighted by molar-refractivity contribution is 0.394. The third kappa shape index (κ3) is 2.74. The molecule has 3 heteroatoms. The standard InChI is InChI=1S/C10H16N2O.C2H6/c1-8-9(2)13-11-10(8)12-6-4-3-5-7-12;1-2/h3-7H2,1-2H3;1-2H3. The molecule has 15 heavy (non-hydrogen) atoms. The summed E-state index contributed by atoms with van der Waals surface area (Å²) >= 11 is 0. The molecule has 0 atom stereocenters. The lowest BCUT2D eigenvalue weighted by Crippen LogP contribution is -2.30. The van der Waals surface area contributed by atoms with E-state index >= 15 is 0 Å². The van der Waals surface area contributed by atoms with Crippen molar-refractivity contribution in [3.8, 4) is 0 Å². The minimum atomic E-state index is 0.945. The SMILES string of the molecule is CC.Cc1onc(N2CCCCC2)c1C. The fourth-order valence-electron chi connectivity index (χ4n) is 1.81. The van der Waals surface area contributed by atoms with Crippen LogP contribution in [0.4, 0.5) is 5.82 Å². The van der Waals surface area contributed by atoms with Crippen LogP contribution in [-0.2, 0) is 0 Å². The van der Waals surface area contributed by atoms with E-state index < -0.39 is 0 Å². The average Bonchev–Trinajstić information content (AvgIpc) is 2.64. The van der Waals surface area contributed by atoms with Crippen LogP contribution in [0.5, 0.6) is 0 Å². The predicted molar refractivity (Wildman–Crippen MR) is 63.4 cm³/mol. The zero-order chi connectivity index (χ0) is 11.3. The molecule has 0 aliphatic carbocycles. The highest BCUT2D eigenvalue weighted by molar-refractivity contribution is 5.46. The highest BCUT2D eigenvalue weighted by Gasteiger charge is 2.17. The smallest absolute Gasteiger partial charge is 0.175 e. The third-order valence-electron chi connectivity index (χ3n) is 2.79. The van der Waals surface area contributed by atoms with E-state index in [-0.39, 0.29) is 0 Å². The van der Waals surface area contributed by atoms with Gasteiger partial charge in [0.05, 0.1) is 0 Å². The zero-order valence-corrected chi connectivity index (χ0v) is 10.3. The lowest BCUT2D eigenvalue weighted by Gasteiger charge is -2.26. The Morgan fingerprint density at radius 3 is 2.13 bits per heavy atom. The largest absolute Gasteiger partial charge is 0.359 e. The van der Waals surface area contributed by atoms with Crippen LogP contribution in [0.1, 0.15) is 44.4 Å². The van der Waals surface area contributed by atoms with Gasteiger partial charge in [0.25, 0.3) is 0 Å². The van der Waals surface area contributed by atoms with E-state index in [0.717, 1.165) is 24.7 Å². The van der Waals surface area contributed by atoms with E-state index in [2.05, 4.69) is 17.0 Å². The second-order valence-corrected chi connectivity index (χ2v) is 3.74. The molecule has 0 N–H and O–H groups in total. The maximum atomic E-state index is 5.16. The summed E-state index contributed by atoms with van der Waals surface area (Å²) in [5.74, 6) is 2.00. The van der Waals surface area contributed by atoms with Crippen molar-refractivity contribution in [1.82, 2.24) is 5.16 Å². The Balaban J connectivity index is 0.000000531. The molecular formula is C12H22N2O. The summed E-state index contributed by atoms with van der Waals surface area (Å²) in [7, 11) is 0. The number of aromatic nitrogens is 1. The van der Waals surface area contributed by atoms with Crippen LogP contribution < -0.4 is 4.90 Å². The van der Waals surface area contributed by atoms with Gasteiger partial charge in [-0.05, 0) is 33.1 Å². The first-order valence-corrected chi connectivity index (χ1v) is 5.97. The molecule has 1 fully saturated rings. The fourth-order valence-corrected chi connectivity index (χ4v) is 1.81. The molecule has 0 aromatic carbocycles. The minimum Gasteiger partial charge on any atom is -0.359 e. The van der Waals surface area contributed by atoms with Crippen LogP contribution in [0.25, 0.3) is 0 Å². The van der Waals surface area contributed by atoms with Gasteiger partial charge in [-0.2, -0.15) is 0 Å². The molecular weight excluding hydrogens is 188 g/mol. The summed E-state index contributed by atoms with van der Waals surface area (Å²) in [6, 6.07) is 0. The molecule has 0 amide bonds. The van der Waals surface area contributed by atoms with Gasteiger partial charge in [0.2, 0.25) is 0 Å². The van der Waals surface area contributed by atoms with E-state index in [1.54, 1.807) is 0 Å². The summed E-state index contributed by atoms with van der Waals surface area (Å²) in [5, 5.41) is 4.09. The number of nitrogens with zero attached hydrogens (tertiary/aromatic N) is 2. The quantitative estimate of drug-likeness (QED) is 0.712. The number of rotatable bonds is 1. The minimum absolute atomic E-state index is 0.945. The Kier molecular flexibility index (Phi) is 4.66. The van der Waals surface area contributed by atoms with E-state index in [0.29, 0.717) is 0 Å². The molecule has 0 radical (unpaired) electrons. The van der Waals surface area contributed by atoms with E-state index in [1.165, 1.54) is 24.8 Å². The van der Waals surface area contributed by atoms with Crippen molar-refractivity contribution < 1.29 is 4.52 Å². The first kappa shape index (κ1) is 12.1. The lowest BCUT2D eigenvalue weighted by atomic mass is 10.1. The van der Waals surface area contributed by atoms with Crippen molar-refractivity contribution in [1.29, 1.82) is 0 Å². The first-order chi connectivity index (χ1) is 7.29. The molecule has 1 aromatic heterocycles.